The molecule has 1 aromatic heterocycles. The summed E-state index contributed by atoms with van der Waals surface area (Å²) >= 11 is 0. The normalized spacial score (nSPS) is 21.1. The maximum Gasteiger partial charge on any atom is 0.241 e. The van der Waals surface area contributed by atoms with Crippen molar-refractivity contribution in [1.82, 2.24) is 19.9 Å². The second-order valence-electron chi connectivity index (χ2n) is 6.81. The van der Waals surface area contributed by atoms with Crippen LogP contribution in [0.1, 0.15) is 25.3 Å². The number of aromatic nitrogens is 2. The van der Waals surface area contributed by atoms with Crippen LogP contribution in [0.2, 0.25) is 0 Å². The van der Waals surface area contributed by atoms with Gasteiger partial charge in [-0.1, -0.05) is 35.0 Å². The highest BCUT2D eigenvalue weighted by Crippen LogP contribution is 2.18. The molecule has 6 nitrogen and oxygen atoms in total. The highest BCUT2D eigenvalue weighted by molar-refractivity contribution is 5.54. The van der Waals surface area contributed by atoms with Crippen LogP contribution in [-0.4, -0.2) is 63.4 Å². The van der Waals surface area contributed by atoms with Crippen LogP contribution in [-0.2, 0) is 6.54 Å². The zero-order valence-electron chi connectivity index (χ0n) is 14.6. The molecule has 1 aliphatic heterocycles. The van der Waals surface area contributed by atoms with Gasteiger partial charge >= 0.3 is 0 Å². The smallest absolute Gasteiger partial charge is 0.241 e. The lowest BCUT2D eigenvalue weighted by Crippen LogP contribution is -2.53. The number of benzene rings is 1. The minimum atomic E-state index is -0.285. The van der Waals surface area contributed by atoms with E-state index < -0.39 is 0 Å². The van der Waals surface area contributed by atoms with E-state index >= 15 is 0 Å². The van der Waals surface area contributed by atoms with Gasteiger partial charge in [0, 0.05) is 37.8 Å². The predicted molar refractivity (Wildman–Crippen MR) is 92.5 cm³/mol. The highest BCUT2D eigenvalue weighted by Gasteiger charge is 2.25. The first-order valence-corrected chi connectivity index (χ1v) is 8.55. The molecule has 130 valence electrons. The maximum atomic E-state index is 9.56. The Balaban J connectivity index is 1.58. The summed E-state index contributed by atoms with van der Waals surface area (Å²) in [6.45, 7) is 10.3. The number of hydrogen-bond donors (Lipinski definition) is 1. The summed E-state index contributed by atoms with van der Waals surface area (Å²) in [5.74, 6) is 1.30. The molecule has 0 spiro atoms. The summed E-state index contributed by atoms with van der Waals surface area (Å²) in [5, 5.41) is 13.7. The topological polar surface area (TPSA) is 65.6 Å². The summed E-state index contributed by atoms with van der Waals surface area (Å²) in [5.41, 5.74) is 2.19. The number of β-amino-alcohol motifs (C(OH)–C–C–N with tert-alkyl or cyclic N) is 1. The number of hydrogen-bond acceptors (Lipinski definition) is 6. The molecule has 0 unspecified atom stereocenters. The van der Waals surface area contributed by atoms with Crippen LogP contribution in [0.4, 0.5) is 0 Å². The van der Waals surface area contributed by atoms with Crippen LogP contribution < -0.4 is 0 Å². The van der Waals surface area contributed by atoms with E-state index in [0.29, 0.717) is 24.3 Å². The number of nitrogens with zero attached hydrogens (tertiary/aromatic N) is 4. The molecule has 1 aliphatic rings. The SMILES string of the molecule is Cc1ccc(-c2noc(CN3CCN(C[C@H](C)O)[C@H](C)C3)n2)cc1. The molecule has 3 rings (SSSR count). The third kappa shape index (κ3) is 4.20. The zero-order valence-corrected chi connectivity index (χ0v) is 14.6. The first kappa shape index (κ1) is 17.1. The van der Waals surface area contributed by atoms with E-state index in [1.54, 1.807) is 0 Å². The van der Waals surface area contributed by atoms with Gasteiger partial charge in [0.05, 0.1) is 12.6 Å². The van der Waals surface area contributed by atoms with E-state index in [0.717, 1.165) is 31.7 Å². The van der Waals surface area contributed by atoms with Gasteiger partial charge in [0.1, 0.15) is 0 Å². The van der Waals surface area contributed by atoms with Crippen molar-refractivity contribution in [2.45, 2.75) is 39.5 Å². The third-order valence-electron chi connectivity index (χ3n) is 4.48. The van der Waals surface area contributed by atoms with Crippen LogP contribution in [0.3, 0.4) is 0 Å². The second-order valence-corrected chi connectivity index (χ2v) is 6.81. The van der Waals surface area contributed by atoms with E-state index in [4.69, 9.17) is 4.52 Å². The Kier molecular flexibility index (Phi) is 5.28. The van der Waals surface area contributed by atoms with E-state index in [1.165, 1.54) is 5.56 Å². The minimum Gasteiger partial charge on any atom is -0.392 e. The van der Waals surface area contributed by atoms with Crippen molar-refractivity contribution in [2.24, 2.45) is 0 Å². The van der Waals surface area contributed by atoms with Gasteiger partial charge in [0.15, 0.2) is 0 Å². The molecule has 1 saturated heterocycles. The monoisotopic (exact) mass is 330 g/mol. The van der Waals surface area contributed by atoms with Gasteiger partial charge < -0.3 is 9.63 Å². The van der Waals surface area contributed by atoms with Crippen molar-refractivity contribution in [3.8, 4) is 11.4 Å². The van der Waals surface area contributed by atoms with E-state index in [9.17, 15) is 5.11 Å². The van der Waals surface area contributed by atoms with Crippen LogP contribution >= 0.6 is 0 Å². The van der Waals surface area contributed by atoms with Crippen LogP contribution in [0.5, 0.6) is 0 Å². The Bertz CT molecular complexity index is 653. The number of aliphatic hydroxyl groups excluding tert-OH is 1. The molecule has 0 saturated carbocycles. The fourth-order valence-corrected chi connectivity index (χ4v) is 3.16. The van der Waals surface area contributed by atoms with Gasteiger partial charge in [0.25, 0.3) is 0 Å². The molecule has 0 radical (unpaired) electrons. The molecular formula is C18H26N4O2. The Morgan fingerprint density at radius 3 is 2.71 bits per heavy atom. The van der Waals surface area contributed by atoms with E-state index in [2.05, 4.69) is 45.9 Å². The Labute approximate surface area is 143 Å². The lowest BCUT2D eigenvalue weighted by atomic mass is 10.1. The minimum absolute atomic E-state index is 0.285. The van der Waals surface area contributed by atoms with Crippen LogP contribution in [0, 0.1) is 6.92 Å². The maximum absolute atomic E-state index is 9.56. The zero-order chi connectivity index (χ0) is 17.1. The van der Waals surface area contributed by atoms with Gasteiger partial charge in [-0.15, -0.1) is 0 Å². The largest absolute Gasteiger partial charge is 0.392 e. The number of piperazine rings is 1. The summed E-state index contributed by atoms with van der Waals surface area (Å²) in [4.78, 5) is 9.18. The van der Waals surface area contributed by atoms with E-state index in [-0.39, 0.29) is 6.10 Å². The summed E-state index contributed by atoms with van der Waals surface area (Å²) < 4.78 is 5.42. The van der Waals surface area contributed by atoms with Crippen molar-refractivity contribution >= 4 is 0 Å². The summed E-state index contributed by atoms with van der Waals surface area (Å²) in [7, 11) is 0. The Hall–Kier alpha value is -1.76. The van der Waals surface area contributed by atoms with Gasteiger partial charge in [-0.2, -0.15) is 4.98 Å². The molecule has 1 N–H and O–H groups in total. The molecular weight excluding hydrogens is 304 g/mol. The van der Waals surface area contributed by atoms with Gasteiger partial charge in [-0.25, -0.2) is 0 Å². The fourth-order valence-electron chi connectivity index (χ4n) is 3.16. The molecule has 24 heavy (non-hydrogen) atoms. The van der Waals surface area contributed by atoms with Gasteiger partial charge in [-0.3, -0.25) is 9.80 Å². The van der Waals surface area contributed by atoms with Crippen molar-refractivity contribution in [1.29, 1.82) is 0 Å². The molecule has 2 heterocycles. The van der Waals surface area contributed by atoms with Crippen LogP contribution in [0.15, 0.2) is 28.8 Å². The van der Waals surface area contributed by atoms with Crippen molar-refractivity contribution < 1.29 is 9.63 Å². The molecule has 6 heteroatoms. The summed E-state index contributed by atoms with van der Waals surface area (Å²) in [6.07, 6.45) is -0.285. The predicted octanol–water partition coefficient (Wildman–Crippen LogP) is 1.93. The quantitative estimate of drug-likeness (QED) is 0.904. The van der Waals surface area contributed by atoms with E-state index in [1.807, 2.05) is 19.1 Å². The molecule has 0 bridgehead atoms. The molecule has 1 fully saturated rings. The molecule has 0 amide bonds. The van der Waals surface area contributed by atoms with Gasteiger partial charge in [0.2, 0.25) is 11.7 Å². The fraction of sp³-hybridized carbons (Fsp3) is 0.556. The molecule has 1 aromatic carbocycles. The average molecular weight is 330 g/mol. The Morgan fingerprint density at radius 1 is 1.29 bits per heavy atom. The lowest BCUT2D eigenvalue weighted by Gasteiger charge is -2.39. The molecule has 2 aromatic rings. The van der Waals surface area contributed by atoms with Crippen molar-refractivity contribution in [3.05, 3.63) is 35.7 Å². The van der Waals surface area contributed by atoms with Crippen molar-refractivity contribution in [2.75, 3.05) is 26.2 Å². The first-order chi connectivity index (χ1) is 11.5. The number of aryl methyl sites for hydroxylation is 1. The Morgan fingerprint density at radius 2 is 2.04 bits per heavy atom. The summed E-state index contributed by atoms with van der Waals surface area (Å²) in [6, 6.07) is 8.54. The highest BCUT2D eigenvalue weighted by atomic mass is 16.5. The molecule has 0 aliphatic carbocycles. The second kappa shape index (κ2) is 7.42. The van der Waals surface area contributed by atoms with Crippen molar-refractivity contribution in [3.63, 3.8) is 0 Å². The third-order valence-corrected chi connectivity index (χ3v) is 4.48. The lowest BCUT2D eigenvalue weighted by molar-refractivity contribution is 0.0385. The molecule has 2 atom stereocenters. The number of rotatable bonds is 5. The van der Waals surface area contributed by atoms with Crippen LogP contribution in [0.25, 0.3) is 11.4 Å². The number of aliphatic hydroxyl groups is 1. The standard InChI is InChI=1S/C18H26N4O2/c1-13-4-6-16(7-5-13)18-19-17(24-20-18)12-21-8-9-22(11-15(3)23)14(2)10-21/h4-7,14-15,23H,8-12H2,1-3H3/t14-,15+/m1/s1. The average Bonchev–Trinajstić information content (AvgIpc) is 2.99. The first-order valence-electron chi connectivity index (χ1n) is 8.55. The van der Waals surface area contributed by atoms with Gasteiger partial charge in [-0.05, 0) is 20.8 Å².